The maximum atomic E-state index is 12.8. The average molecular weight is 434 g/mol. The lowest BCUT2D eigenvalue weighted by Gasteiger charge is -2.42. The Morgan fingerprint density at radius 1 is 1.12 bits per heavy atom. The summed E-state index contributed by atoms with van der Waals surface area (Å²) in [5.74, 6) is 1.67. The molecular formula is C24H31N7O. The van der Waals surface area contributed by atoms with Crippen molar-refractivity contribution < 1.29 is 4.79 Å². The lowest BCUT2D eigenvalue weighted by molar-refractivity contribution is 0.0437. The number of hydrogen-bond donors (Lipinski definition) is 1. The van der Waals surface area contributed by atoms with Gasteiger partial charge in [-0.1, -0.05) is 0 Å². The molecule has 168 valence electrons. The minimum Gasteiger partial charge on any atom is -0.348 e. The van der Waals surface area contributed by atoms with Crippen molar-refractivity contribution in [3.63, 3.8) is 0 Å². The third kappa shape index (κ3) is 4.52. The second kappa shape index (κ2) is 8.96. The zero-order valence-electron chi connectivity index (χ0n) is 18.8. The van der Waals surface area contributed by atoms with Gasteiger partial charge in [0.25, 0.3) is 5.91 Å². The van der Waals surface area contributed by atoms with E-state index in [9.17, 15) is 4.79 Å². The Morgan fingerprint density at radius 2 is 1.94 bits per heavy atom. The van der Waals surface area contributed by atoms with Crippen LogP contribution in [0, 0.1) is 5.92 Å². The minimum absolute atomic E-state index is 0.108. The Bertz CT molecular complexity index is 1080. The third-order valence-corrected chi connectivity index (χ3v) is 6.57. The van der Waals surface area contributed by atoms with Crippen LogP contribution in [-0.2, 0) is 6.54 Å². The van der Waals surface area contributed by atoms with Crippen molar-refractivity contribution in [2.45, 2.75) is 45.3 Å². The zero-order chi connectivity index (χ0) is 22.1. The first kappa shape index (κ1) is 21.0. The smallest absolute Gasteiger partial charge is 0.253 e. The summed E-state index contributed by atoms with van der Waals surface area (Å²) < 4.78 is 2.00. The molecule has 3 aromatic rings. The first-order valence-electron chi connectivity index (χ1n) is 11.6. The molecule has 0 bridgehead atoms. The highest BCUT2D eigenvalue weighted by Crippen LogP contribution is 2.33. The summed E-state index contributed by atoms with van der Waals surface area (Å²) >= 11 is 0. The fourth-order valence-electron chi connectivity index (χ4n) is 4.59. The first-order chi connectivity index (χ1) is 15.6. The fraction of sp³-hybridized carbons (Fsp3) is 0.500. The van der Waals surface area contributed by atoms with E-state index < -0.39 is 0 Å². The molecule has 1 N–H and O–H groups in total. The number of nitrogens with zero attached hydrogens (tertiary/aromatic N) is 6. The van der Waals surface area contributed by atoms with Crippen LogP contribution in [0.1, 0.15) is 54.5 Å². The highest BCUT2D eigenvalue weighted by molar-refractivity contribution is 5.94. The summed E-state index contributed by atoms with van der Waals surface area (Å²) in [6, 6.07) is 8.07. The van der Waals surface area contributed by atoms with Crippen molar-refractivity contribution in [2.75, 3.05) is 26.2 Å². The second-order valence-corrected chi connectivity index (χ2v) is 9.29. The second-order valence-electron chi connectivity index (χ2n) is 9.29. The Kier molecular flexibility index (Phi) is 5.89. The molecule has 4 heterocycles. The van der Waals surface area contributed by atoms with Crippen molar-refractivity contribution in [2.24, 2.45) is 5.92 Å². The van der Waals surface area contributed by atoms with E-state index in [1.54, 1.807) is 12.4 Å². The van der Waals surface area contributed by atoms with E-state index in [1.165, 1.54) is 19.4 Å². The quantitative estimate of drug-likeness (QED) is 0.617. The van der Waals surface area contributed by atoms with E-state index in [0.717, 1.165) is 42.6 Å². The number of fused-ring (bicyclic) bond motifs is 1. The summed E-state index contributed by atoms with van der Waals surface area (Å²) in [6.07, 6.45) is 8.06. The van der Waals surface area contributed by atoms with Gasteiger partial charge in [-0.3, -0.25) is 24.0 Å². The molecule has 5 rings (SSSR count). The number of rotatable bonds is 7. The average Bonchev–Trinajstić information content (AvgIpc) is 3.52. The van der Waals surface area contributed by atoms with Crippen molar-refractivity contribution in [3.8, 4) is 0 Å². The number of nitrogens with one attached hydrogen (secondary N) is 1. The number of piperazine rings is 1. The van der Waals surface area contributed by atoms with Crippen molar-refractivity contribution in [1.29, 1.82) is 0 Å². The molecule has 1 unspecified atom stereocenters. The van der Waals surface area contributed by atoms with Gasteiger partial charge in [0.15, 0.2) is 11.5 Å². The molecule has 1 saturated carbocycles. The van der Waals surface area contributed by atoms with Gasteiger partial charge >= 0.3 is 0 Å². The van der Waals surface area contributed by atoms with E-state index in [0.29, 0.717) is 18.2 Å². The zero-order valence-corrected chi connectivity index (χ0v) is 18.8. The van der Waals surface area contributed by atoms with Gasteiger partial charge in [-0.05, 0) is 62.4 Å². The summed E-state index contributed by atoms with van der Waals surface area (Å²) in [5.41, 5.74) is 2.40. The van der Waals surface area contributed by atoms with Gasteiger partial charge in [0.05, 0.1) is 11.6 Å². The van der Waals surface area contributed by atoms with Gasteiger partial charge in [-0.15, -0.1) is 10.2 Å². The molecular weight excluding hydrogens is 402 g/mol. The SMILES string of the molecule is CC(C)N1CCN(CC2CC2)CC1c1nnc2ccc(C(=O)NCc3ccncc3)cn12. The van der Waals surface area contributed by atoms with Gasteiger partial charge in [0.2, 0.25) is 0 Å². The number of pyridine rings is 2. The molecule has 0 spiro atoms. The van der Waals surface area contributed by atoms with E-state index >= 15 is 0 Å². The molecule has 1 atom stereocenters. The summed E-state index contributed by atoms with van der Waals surface area (Å²) in [7, 11) is 0. The largest absolute Gasteiger partial charge is 0.348 e. The van der Waals surface area contributed by atoms with E-state index in [4.69, 9.17) is 0 Å². The number of carbonyl (C=O) groups is 1. The van der Waals surface area contributed by atoms with Crippen LogP contribution < -0.4 is 5.32 Å². The predicted octanol–water partition coefficient (Wildman–Crippen LogP) is 2.53. The van der Waals surface area contributed by atoms with E-state index in [-0.39, 0.29) is 11.9 Å². The molecule has 8 heteroatoms. The van der Waals surface area contributed by atoms with Crippen molar-refractivity contribution in [1.82, 2.24) is 34.7 Å². The van der Waals surface area contributed by atoms with Crippen molar-refractivity contribution >= 4 is 11.6 Å². The lowest BCUT2D eigenvalue weighted by Crippen LogP contribution is -2.51. The molecule has 1 amide bonds. The van der Waals surface area contributed by atoms with Crippen LogP contribution in [0.25, 0.3) is 5.65 Å². The van der Waals surface area contributed by atoms with Crippen LogP contribution in [0.5, 0.6) is 0 Å². The van der Waals surface area contributed by atoms with E-state index in [2.05, 4.69) is 44.1 Å². The van der Waals surface area contributed by atoms with Gasteiger partial charge in [-0.2, -0.15) is 0 Å². The monoisotopic (exact) mass is 433 g/mol. The Hall–Kier alpha value is -2.84. The summed E-state index contributed by atoms with van der Waals surface area (Å²) in [6.45, 7) is 9.21. The van der Waals surface area contributed by atoms with Crippen LogP contribution in [0.3, 0.4) is 0 Å². The first-order valence-corrected chi connectivity index (χ1v) is 11.6. The molecule has 0 aromatic carbocycles. The predicted molar refractivity (Wildman–Crippen MR) is 122 cm³/mol. The van der Waals surface area contributed by atoms with Gasteiger partial charge in [-0.25, -0.2) is 0 Å². The maximum absolute atomic E-state index is 12.8. The molecule has 3 aromatic heterocycles. The molecule has 0 radical (unpaired) electrons. The van der Waals surface area contributed by atoms with Gasteiger partial charge in [0.1, 0.15) is 0 Å². The third-order valence-electron chi connectivity index (χ3n) is 6.57. The maximum Gasteiger partial charge on any atom is 0.253 e. The highest BCUT2D eigenvalue weighted by Gasteiger charge is 2.35. The van der Waals surface area contributed by atoms with Gasteiger partial charge in [0, 0.05) is 57.4 Å². The number of amides is 1. The number of hydrogen-bond acceptors (Lipinski definition) is 6. The Morgan fingerprint density at radius 3 is 2.69 bits per heavy atom. The molecule has 8 nitrogen and oxygen atoms in total. The minimum atomic E-state index is -0.108. The molecule has 1 aliphatic carbocycles. The number of carbonyl (C=O) groups excluding carboxylic acids is 1. The highest BCUT2D eigenvalue weighted by atomic mass is 16.1. The summed E-state index contributed by atoms with van der Waals surface area (Å²) in [5, 5.41) is 12.0. The summed E-state index contributed by atoms with van der Waals surface area (Å²) in [4.78, 5) is 21.9. The molecule has 2 fully saturated rings. The molecule has 2 aliphatic rings. The molecule has 1 saturated heterocycles. The molecule has 1 aliphatic heterocycles. The van der Waals surface area contributed by atoms with Crippen LogP contribution in [-0.4, -0.2) is 67.5 Å². The van der Waals surface area contributed by atoms with Crippen LogP contribution >= 0.6 is 0 Å². The van der Waals surface area contributed by atoms with Crippen LogP contribution in [0.15, 0.2) is 42.9 Å². The lowest BCUT2D eigenvalue weighted by atomic mass is 10.1. The van der Waals surface area contributed by atoms with Crippen molar-refractivity contribution in [3.05, 3.63) is 59.8 Å². The normalized spacial score (nSPS) is 20.2. The van der Waals surface area contributed by atoms with E-state index in [1.807, 2.05) is 34.9 Å². The molecule has 32 heavy (non-hydrogen) atoms. The fourth-order valence-corrected chi connectivity index (χ4v) is 4.59. The number of aromatic nitrogens is 4. The van der Waals surface area contributed by atoms with Crippen LogP contribution in [0.2, 0.25) is 0 Å². The Balaban J connectivity index is 1.38. The standard InChI is InChI=1S/C24H31N7O/c1-17(2)30-12-11-29(14-19-3-4-19)16-21(30)23-28-27-22-6-5-20(15-31(22)23)24(32)26-13-18-7-9-25-10-8-18/h5-10,15,17,19,21H,3-4,11-14,16H2,1-2H3,(H,26,32). The van der Waals surface area contributed by atoms with Gasteiger partial charge < -0.3 is 5.32 Å². The topological polar surface area (TPSA) is 78.7 Å². The van der Waals surface area contributed by atoms with Crippen LogP contribution in [0.4, 0.5) is 0 Å². The Labute approximate surface area is 188 Å².